The summed E-state index contributed by atoms with van der Waals surface area (Å²) in [6, 6.07) is 13.6. The summed E-state index contributed by atoms with van der Waals surface area (Å²) in [7, 11) is 0. The molecule has 112 valence electrons. The summed E-state index contributed by atoms with van der Waals surface area (Å²) >= 11 is 5.86. The average molecular weight is 317 g/mol. The van der Waals surface area contributed by atoms with Gasteiger partial charge in [0.2, 0.25) is 0 Å². The number of aliphatic carboxylic acids is 1. The van der Waals surface area contributed by atoms with Crippen LogP contribution in [-0.2, 0) is 16.0 Å². The van der Waals surface area contributed by atoms with Crippen molar-refractivity contribution < 1.29 is 19.4 Å². The first kappa shape index (κ1) is 15.8. The van der Waals surface area contributed by atoms with Gasteiger partial charge in [-0.15, -0.1) is 0 Å². The van der Waals surface area contributed by atoms with Crippen molar-refractivity contribution in [1.82, 2.24) is 0 Å². The number of carboxylic acids is 1. The largest absolute Gasteiger partial charge is 0.478 e. The van der Waals surface area contributed by atoms with E-state index in [1.165, 1.54) is 6.08 Å². The third kappa shape index (κ3) is 5.07. The van der Waals surface area contributed by atoms with Gasteiger partial charge >= 0.3 is 11.9 Å². The van der Waals surface area contributed by atoms with Crippen LogP contribution in [-0.4, -0.2) is 17.0 Å². The van der Waals surface area contributed by atoms with Crippen LogP contribution in [0.25, 0.3) is 6.08 Å². The number of rotatable bonds is 5. The number of benzene rings is 2. The Kier molecular flexibility index (Phi) is 5.33. The first-order valence-corrected chi connectivity index (χ1v) is 6.87. The van der Waals surface area contributed by atoms with E-state index in [2.05, 4.69) is 0 Å². The molecule has 0 aliphatic rings. The zero-order valence-electron chi connectivity index (χ0n) is 11.5. The van der Waals surface area contributed by atoms with E-state index in [4.69, 9.17) is 21.4 Å². The van der Waals surface area contributed by atoms with Crippen LogP contribution in [0.5, 0.6) is 5.75 Å². The molecule has 0 saturated carbocycles. The summed E-state index contributed by atoms with van der Waals surface area (Å²) < 4.78 is 5.22. The Bertz CT molecular complexity index is 705. The quantitative estimate of drug-likeness (QED) is 0.520. The summed E-state index contributed by atoms with van der Waals surface area (Å²) in [4.78, 5) is 22.3. The number of hydrogen-bond donors (Lipinski definition) is 1. The minimum absolute atomic E-state index is 0.126. The fourth-order valence-corrected chi connectivity index (χ4v) is 2.01. The molecule has 0 radical (unpaired) electrons. The molecule has 0 saturated heterocycles. The normalized spacial score (nSPS) is 10.6. The van der Waals surface area contributed by atoms with Crippen molar-refractivity contribution in [3.8, 4) is 5.75 Å². The van der Waals surface area contributed by atoms with Gasteiger partial charge in [-0.1, -0.05) is 35.9 Å². The highest BCUT2D eigenvalue weighted by Crippen LogP contribution is 2.15. The van der Waals surface area contributed by atoms with E-state index in [1.54, 1.807) is 48.5 Å². The predicted molar refractivity (Wildman–Crippen MR) is 83.9 cm³/mol. The molecule has 0 heterocycles. The average Bonchev–Trinajstić information content (AvgIpc) is 2.46. The summed E-state index contributed by atoms with van der Waals surface area (Å²) in [5.74, 6) is -1.01. The van der Waals surface area contributed by atoms with Crippen molar-refractivity contribution in [3.05, 3.63) is 70.8 Å². The van der Waals surface area contributed by atoms with Crippen LogP contribution in [0.15, 0.2) is 54.6 Å². The SMILES string of the molecule is O=C(O)/C=C/c1ccc(OC(=O)Cc2cccc(Cl)c2)cc1. The first-order chi connectivity index (χ1) is 10.5. The molecule has 2 aromatic carbocycles. The number of carboxylic acid groups (broad SMARTS) is 1. The van der Waals surface area contributed by atoms with Crippen LogP contribution in [0.4, 0.5) is 0 Å². The summed E-state index contributed by atoms with van der Waals surface area (Å²) in [5.41, 5.74) is 1.48. The number of esters is 1. The maximum absolute atomic E-state index is 11.8. The number of halogens is 1. The molecule has 0 aromatic heterocycles. The molecule has 5 heteroatoms. The Morgan fingerprint density at radius 2 is 1.86 bits per heavy atom. The topological polar surface area (TPSA) is 63.6 Å². The van der Waals surface area contributed by atoms with E-state index in [0.29, 0.717) is 16.3 Å². The third-order valence-corrected chi connectivity index (χ3v) is 3.00. The number of ether oxygens (including phenoxy) is 1. The second-order valence-electron chi connectivity index (χ2n) is 4.52. The van der Waals surface area contributed by atoms with Gasteiger partial charge in [0.15, 0.2) is 0 Å². The van der Waals surface area contributed by atoms with E-state index >= 15 is 0 Å². The second kappa shape index (κ2) is 7.43. The molecule has 2 aromatic rings. The Morgan fingerprint density at radius 3 is 2.50 bits per heavy atom. The van der Waals surface area contributed by atoms with Crippen LogP contribution in [0.2, 0.25) is 5.02 Å². The molecule has 4 nitrogen and oxygen atoms in total. The fraction of sp³-hybridized carbons (Fsp3) is 0.0588. The van der Waals surface area contributed by atoms with E-state index in [0.717, 1.165) is 11.6 Å². The van der Waals surface area contributed by atoms with E-state index in [1.807, 2.05) is 0 Å². The standard InChI is InChI=1S/C17H13ClO4/c18-14-3-1-2-13(10-14)11-17(21)22-15-7-4-12(5-8-15)6-9-16(19)20/h1-10H,11H2,(H,19,20)/b9-6+. The van der Waals surface area contributed by atoms with E-state index < -0.39 is 11.9 Å². The number of carbonyl (C=O) groups is 2. The van der Waals surface area contributed by atoms with Crippen molar-refractivity contribution >= 4 is 29.6 Å². The van der Waals surface area contributed by atoms with Crippen LogP contribution >= 0.6 is 11.6 Å². The Morgan fingerprint density at radius 1 is 1.14 bits per heavy atom. The number of carbonyl (C=O) groups excluding carboxylic acids is 1. The first-order valence-electron chi connectivity index (χ1n) is 6.49. The minimum atomic E-state index is -1.02. The summed E-state index contributed by atoms with van der Waals surface area (Å²) in [6.07, 6.45) is 2.63. The minimum Gasteiger partial charge on any atom is -0.478 e. The lowest BCUT2D eigenvalue weighted by molar-refractivity contribution is -0.134. The van der Waals surface area contributed by atoms with Crippen LogP contribution < -0.4 is 4.74 Å². The molecule has 0 spiro atoms. The molecular formula is C17H13ClO4. The van der Waals surface area contributed by atoms with Crippen molar-refractivity contribution in [2.45, 2.75) is 6.42 Å². The molecule has 0 amide bonds. The van der Waals surface area contributed by atoms with Gasteiger partial charge in [0, 0.05) is 11.1 Å². The molecule has 0 aliphatic carbocycles. The smallest absolute Gasteiger partial charge is 0.328 e. The highest BCUT2D eigenvalue weighted by Gasteiger charge is 2.06. The van der Waals surface area contributed by atoms with Gasteiger partial charge in [0.05, 0.1) is 6.42 Å². The second-order valence-corrected chi connectivity index (χ2v) is 4.96. The number of hydrogen-bond acceptors (Lipinski definition) is 3. The van der Waals surface area contributed by atoms with E-state index in [-0.39, 0.29) is 6.42 Å². The van der Waals surface area contributed by atoms with Crippen molar-refractivity contribution in [2.75, 3.05) is 0 Å². The summed E-state index contributed by atoms with van der Waals surface area (Å²) in [5, 5.41) is 9.11. The maximum Gasteiger partial charge on any atom is 0.328 e. The summed E-state index contributed by atoms with van der Waals surface area (Å²) in [6.45, 7) is 0. The molecular weight excluding hydrogens is 304 g/mol. The molecule has 0 aliphatic heterocycles. The fourth-order valence-electron chi connectivity index (χ4n) is 1.80. The van der Waals surface area contributed by atoms with Crippen LogP contribution in [0, 0.1) is 0 Å². The highest BCUT2D eigenvalue weighted by molar-refractivity contribution is 6.30. The van der Waals surface area contributed by atoms with Crippen molar-refractivity contribution in [2.24, 2.45) is 0 Å². The van der Waals surface area contributed by atoms with Gasteiger partial charge < -0.3 is 9.84 Å². The molecule has 0 fully saturated rings. The zero-order chi connectivity index (χ0) is 15.9. The Labute approximate surface area is 132 Å². The van der Waals surface area contributed by atoms with Gasteiger partial charge in [-0.05, 0) is 41.5 Å². The molecule has 0 atom stereocenters. The van der Waals surface area contributed by atoms with Gasteiger partial charge in [0.1, 0.15) is 5.75 Å². The van der Waals surface area contributed by atoms with Gasteiger partial charge in [0.25, 0.3) is 0 Å². The Hall–Kier alpha value is -2.59. The van der Waals surface area contributed by atoms with Crippen molar-refractivity contribution in [1.29, 1.82) is 0 Å². The van der Waals surface area contributed by atoms with Gasteiger partial charge in [-0.25, -0.2) is 4.79 Å². The molecule has 0 bridgehead atoms. The van der Waals surface area contributed by atoms with Crippen molar-refractivity contribution in [3.63, 3.8) is 0 Å². The molecule has 1 N–H and O–H groups in total. The lowest BCUT2D eigenvalue weighted by atomic mass is 10.1. The zero-order valence-corrected chi connectivity index (χ0v) is 12.3. The van der Waals surface area contributed by atoms with Gasteiger partial charge in [-0.3, -0.25) is 4.79 Å². The molecule has 2 rings (SSSR count). The maximum atomic E-state index is 11.8. The highest BCUT2D eigenvalue weighted by atomic mass is 35.5. The lowest BCUT2D eigenvalue weighted by Gasteiger charge is -2.05. The molecule has 0 unspecified atom stereocenters. The third-order valence-electron chi connectivity index (χ3n) is 2.77. The molecule has 22 heavy (non-hydrogen) atoms. The lowest BCUT2D eigenvalue weighted by Crippen LogP contribution is -2.11. The predicted octanol–water partition coefficient (Wildman–Crippen LogP) is 3.59. The van der Waals surface area contributed by atoms with Gasteiger partial charge in [-0.2, -0.15) is 0 Å². The monoisotopic (exact) mass is 316 g/mol. The Balaban J connectivity index is 1.95. The van der Waals surface area contributed by atoms with Crippen LogP contribution in [0.3, 0.4) is 0 Å². The van der Waals surface area contributed by atoms with E-state index in [9.17, 15) is 9.59 Å². The van der Waals surface area contributed by atoms with Crippen LogP contribution in [0.1, 0.15) is 11.1 Å².